The molecule has 0 heterocycles. The minimum Gasteiger partial charge on any atom is -0.478 e. The molecule has 0 saturated heterocycles. The molecule has 0 amide bonds. The molecule has 2 N–H and O–H groups in total. The van der Waals surface area contributed by atoms with Crippen molar-refractivity contribution >= 4 is 12.6 Å². The largest absolute Gasteiger partial charge is 0.488 e. The van der Waals surface area contributed by atoms with Crippen molar-refractivity contribution in [1.82, 2.24) is 0 Å². The molecule has 0 aliphatic heterocycles. The highest BCUT2D eigenvalue weighted by molar-refractivity contribution is 6.58. The van der Waals surface area contributed by atoms with E-state index in [9.17, 15) is 4.39 Å². The molecule has 0 saturated carbocycles. The summed E-state index contributed by atoms with van der Waals surface area (Å²) in [6, 6.07) is 13.0. The Bertz CT molecular complexity index is 633. The molecule has 5 heteroatoms. The van der Waals surface area contributed by atoms with E-state index in [0.717, 1.165) is 11.6 Å². The summed E-state index contributed by atoms with van der Waals surface area (Å²) in [5.74, 6) is 5.01. The van der Waals surface area contributed by atoms with Crippen LogP contribution in [0.3, 0.4) is 0 Å². The standard InChI is InChI=1S/C15H12BFO3/c17-14-9-8-13(16(18)19)11-15(14)20-10-4-7-12-5-2-1-3-6-12/h1-3,5-6,8-9,11,18-19H,10H2. The van der Waals surface area contributed by atoms with Crippen LogP contribution in [0.1, 0.15) is 5.56 Å². The van der Waals surface area contributed by atoms with Crippen LogP contribution in [0, 0.1) is 17.7 Å². The Kier molecular flexibility index (Phi) is 4.77. The molecule has 0 aromatic heterocycles. The van der Waals surface area contributed by atoms with Gasteiger partial charge in [-0.15, -0.1) is 0 Å². The second-order valence-electron chi connectivity index (χ2n) is 4.02. The minimum absolute atomic E-state index is 0.0107. The van der Waals surface area contributed by atoms with Gasteiger partial charge in [0.15, 0.2) is 11.6 Å². The van der Waals surface area contributed by atoms with Crippen LogP contribution in [-0.2, 0) is 0 Å². The zero-order valence-corrected chi connectivity index (χ0v) is 10.6. The first-order valence-electron chi connectivity index (χ1n) is 5.99. The molecule has 0 spiro atoms. The molecule has 0 atom stereocenters. The average Bonchev–Trinajstić information content (AvgIpc) is 2.46. The van der Waals surface area contributed by atoms with Crippen molar-refractivity contribution in [2.45, 2.75) is 0 Å². The molecule has 0 fully saturated rings. The van der Waals surface area contributed by atoms with Gasteiger partial charge in [0, 0.05) is 5.56 Å². The number of hydrogen-bond donors (Lipinski definition) is 2. The minimum atomic E-state index is -1.66. The number of halogens is 1. The zero-order chi connectivity index (χ0) is 14.4. The molecule has 0 aliphatic carbocycles. The third-order valence-corrected chi connectivity index (χ3v) is 2.56. The van der Waals surface area contributed by atoms with E-state index in [1.165, 1.54) is 12.1 Å². The highest BCUT2D eigenvalue weighted by atomic mass is 19.1. The first kappa shape index (κ1) is 14.1. The number of hydrogen-bond acceptors (Lipinski definition) is 3. The van der Waals surface area contributed by atoms with Crippen molar-refractivity contribution in [2.75, 3.05) is 6.61 Å². The van der Waals surface area contributed by atoms with Gasteiger partial charge in [-0.05, 0) is 29.7 Å². The summed E-state index contributed by atoms with van der Waals surface area (Å²) in [7, 11) is -1.66. The maximum absolute atomic E-state index is 13.4. The monoisotopic (exact) mass is 270 g/mol. The summed E-state index contributed by atoms with van der Waals surface area (Å²) < 4.78 is 18.6. The van der Waals surface area contributed by atoms with Gasteiger partial charge < -0.3 is 14.8 Å². The quantitative estimate of drug-likeness (QED) is 0.644. The van der Waals surface area contributed by atoms with Crippen LogP contribution in [0.15, 0.2) is 48.5 Å². The molecule has 0 unspecified atom stereocenters. The topological polar surface area (TPSA) is 49.7 Å². The zero-order valence-electron chi connectivity index (χ0n) is 10.6. The highest BCUT2D eigenvalue weighted by Gasteiger charge is 2.13. The van der Waals surface area contributed by atoms with Crippen LogP contribution in [0.4, 0.5) is 4.39 Å². The van der Waals surface area contributed by atoms with Gasteiger partial charge in [0.1, 0.15) is 6.61 Å². The second-order valence-corrected chi connectivity index (χ2v) is 4.02. The first-order chi connectivity index (χ1) is 9.66. The molecule has 2 rings (SSSR count). The predicted molar refractivity (Wildman–Crippen MR) is 75.0 cm³/mol. The van der Waals surface area contributed by atoms with Crippen LogP contribution in [-0.4, -0.2) is 23.8 Å². The van der Waals surface area contributed by atoms with Crippen molar-refractivity contribution in [3.8, 4) is 17.6 Å². The Labute approximate surface area is 116 Å². The Morgan fingerprint density at radius 2 is 1.85 bits per heavy atom. The van der Waals surface area contributed by atoms with Gasteiger partial charge in [0.2, 0.25) is 0 Å². The number of benzene rings is 2. The molecular formula is C15H12BFO3. The van der Waals surface area contributed by atoms with Crippen molar-refractivity contribution in [2.24, 2.45) is 0 Å². The van der Waals surface area contributed by atoms with Crippen LogP contribution in [0.25, 0.3) is 0 Å². The lowest BCUT2D eigenvalue weighted by atomic mass is 9.80. The predicted octanol–water partition coefficient (Wildman–Crippen LogP) is 0.936. The first-order valence-corrected chi connectivity index (χ1v) is 5.99. The summed E-state index contributed by atoms with van der Waals surface area (Å²) in [6.07, 6.45) is 0. The smallest absolute Gasteiger partial charge is 0.478 e. The maximum Gasteiger partial charge on any atom is 0.488 e. The summed E-state index contributed by atoms with van der Waals surface area (Å²) in [6.45, 7) is 0.0107. The molecule has 0 aliphatic rings. The number of ether oxygens (including phenoxy) is 1. The van der Waals surface area contributed by atoms with E-state index in [-0.39, 0.29) is 17.8 Å². The molecule has 2 aromatic carbocycles. The molecule has 100 valence electrons. The molecule has 3 nitrogen and oxygen atoms in total. The van der Waals surface area contributed by atoms with Gasteiger partial charge in [-0.1, -0.05) is 36.1 Å². The second kappa shape index (κ2) is 6.76. The van der Waals surface area contributed by atoms with E-state index in [0.29, 0.717) is 0 Å². The van der Waals surface area contributed by atoms with Crippen molar-refractivity contribution < 1.29 is 19.2 Å². The third-order valence-electron chi connectivity index (χ3n) is 2.56. The lowest BCUT2D eigenvalue weighted by Crippen LogP contribution is -2.29. The molecule has 0 radical (unpaired) electrons. The van der Waals surface area contributed by atoms with Gasteiger partial charge >= 0.3 is 7.12 Å². The van der Waals surface area contributed by atoms with Gasteiger partial charge in [0.05, 0.1) is 0 Å². The Morgan fingerprint density at radius 3 is 2.55 bits per heavy atom. The Morgan fingerprint density at radius 1 is 1.10 bits per heavy atom. The van der Waals surface area contributed by atoms with E-state index >= 15 is 0 Å². The van der Waals surface area contributed by atoms with E-state index in [4.69, 9.17) is 14.8 Å². The van der Waals surface area contributed by atoms with Gasteiger partial charge in [-0.25, -0.2) is 4.39 Å². The summed E-state index contributed by atoms with van der Waals surface area (Å²) >= 11 is 0. The van der Waals surface area contributed by atoms with E-state index in [2.05, 4.69) is 11.8 Å². The molecule has 20 heavy (non-hydrogen) atoms. The van der Waals surface area contributed by atoms with Gasteiger partial charge in [0.25, 0.3) is 0 Å². The van der Waals surface area contributed by atoms with Crippen LogP contribution < -0.4 is 10.2 Å². The van der Waals surface area contributed by atoms with E-state index in [1.807, 2.05) is 30.3 Å². The number of rotatable bonds is 3. The van der Waals surface area contributed by atoms with Crippen molar-refractivity contribution in [1.29, 1.82) is 0 Å². The SMILES string of the molecule is OB(O)c1ccc(F)c(OCC#Cc2ccccc2)c1. The maximum atomic E-state index is 13.4. The average molecular weight is 270 g/mol. The van der Waals surface area contributed by atoms with Crippen molar-refractivity contribution in [3.63, 3.8) is 0 Å². The fraction of sp³-hybridized carbons (Fsp3) is 0.0667. The lowest BCUT2D eigenvalue weighted by Gasteiger charge is -2.06. The molecule has 0 bridgehead atoms. The van der Waals surface area contributed by atoms with E-state index in [1.54, 1.807) is 0 Å². The van der Waals surface area contributed by atoms with E-state index < -0.39 is 12.9 Å². The Hall–Kier alpha value is -2.29. The fourth-order valence-electron chi connectivity index (χ4n) is 1.56. The van der Waals surface area contributed by atoms with Crippen LogP contribution in [0.2, 0.25) is 0 Å². The highest BCUT2D eigenvalue weighted by Crippen LogP contribution is 2.14. The Balaban J connectivity index is 2.01. The summed E-state index contributed by atoms with van der Waals surface area (Å²) in [4.78, 5) is 0. The lowest BCUT2D eigenvalue weighted by molar-refractivity contribution is 0.348. The third kappa shape index (κ3) is 3.85. The van der Waals surface area contributed by atoms with Crippen LogP contribution >= 0.6 is 0 Å². The molecule has 2 aromatic rings. The van der Waals surface area contributed by atoms with Gasteiger partial charge in [-0.2, -0.15) is 0 Å². The summed E-state index contributed by atoms with van der Waals surface area (Å²) in [5.41, 5.74) is 1.01. The normalized spacial score (nSPS) is 9.55. The van der Waals surface area contributed by atoms with Crippen molar-refractivity contribution in [3.05, 3.63) is 59.9 Å². The van der Waals surface area contributed by atoms with Crippen LogP contribution in [0.5, 0.6) is 5.75 Å². The molecular weight excluding hydrogens is 258 g/mol. The summed E-state index contributed by atoms with van der Waals surface area (Å²) in [5, 5.41) is 18.0. The fourth-order valence-corrected chi connectivity index (χ4v) is 1.56. The van der Waals surface area contributed by atoms with Gasteiger partial charge in [-0.3, -0.25) is 0 Å².